The van der Waals surface area contributed by atoms with Gasteiger partial charge in [-0.2, -0.15) is 0 Å². The summed E-state index contributed by atoms with van der Waals surface area (Å²) in [6.45, 7) is 0. The molecule has 29 heavy (non-hydrogen) atoms. The predicted octanol–water partition coefficient (Wildman–Crippen LogP) is -0.431. The van der Waals surface area contributed by atoms with Crippen LogP contribution in [-0.4, -0.2) is 22.7 Å². The Balaban J connectivity index is 0.00000240. The van der Waals surface area contributed by atoms with E-state index >= 15 is 0 Å². The maximum atomic E-state index is 13.1. The van der Waals surface area contributed by atoms with Crippen molar-refractivity contribution in [2.24, 2.45) is 0 Å². The summed E-state index contributed by atoms with van der Waals surface area (Å²) < 4.78 is 0. The summed E-state index contributed by atoms with van der Waals surface area (Å²) in [4.78, 5) is 48.6. The Bertz CT molecular complexity index is 1240. The smallest absolute Gasteiger partial charge is 0.545 e. The van der Waals surface area contributed by atoms with E-state index < -0.39 is 22.7 Å². The fraction of sp³-hybridized carbons (Fsp3) is 0. The number of aromatic carboxylic acids is 1. The van der Waals surface area contributed by atoms with Gasteiger partial charge in [0.15, 0.2) is 0 Å². The quantitative estimate of drug-likeness (QED) is 0.246. The van der Waals surface area contributed by atoms with Gasteiger partial charge in [-0.3, -0.25) is 19.7 Å². The van der Waals surface area contributed by atoms with Crippen molar-refractivity contribution in [1.82, 2.24) is 0 Å². The van der Waals surface area contributed by atoms with Crippen molar-refractivity contribution in [3.05, 3.63) is 80.4 Å². The van der Waals surface area contributed by atoms with Gasteiger partial charge in [0, 0.05) is 23.1 Å². The molecule has 0 saturated carbocycles. The molecule has 0 aliphatic carbocycles. The molecule has 0 bridgehead atoms. The van der Waals surface area contributed by atoms with Gasteiger partial charge in [0.2, 0.25) is 0 Å². The average molecular weight is 419 g/mol. The zero-order valence-electron chi connectivity index (χ0n) is 14.8. The number of nitro groups is 1. The second-order valence-electron chi connectivity index (χ2n) is 6.05. The number of imide groups is 1. The van der Waals surface area contributed by atoms with E-state index in [1.165, 1.54) is 30.3 Å². The Kier molecular flexibility index (Phi) is 5.46. The molecule has 8 nitrogen and oxygen atoms in total. The fourth-order valence-electron chi connectivity index (χ4n) is 3.23. The number of nitrogens with zero attached hydrogens (tertiary/aromatic N) is 2. The van der Waals surface area contributed by atoms with Crippen molar-refractivity contribution in [1.29, 1.82) is 0 Å². The van der Waals surface area contributed by atoms with E-state index in [1.54, 1.807) is 6.07 Å². The number of nitro benzene ring substituents is 1. The number of anilines is 1. The van der Waals surface area contributed by atoms with Crippen molar-refractivity contribution >= 4 is 51.5 Å². The summed E-state index contributed by atoms with van der Waals surface area (Å²) in [5.74, 6) is -3.06. The van der Waals surface area contributed by atoms with Crippen molar-refractivity contribution in [2.75, 3.05) is 4.90 Å². The second-order valence-corrected chi connectivity index (χ2v) is 6.46. The molecule has 138 valence electrons. The monoisotopic (exact) mass is 418 g/mol. The number of rotatable bonds is 3. The average Bonchev–Trinajstić information content (AvgIpc) is 2.66. The molecule has 0 fully saturated rings. The minimum absolute atomic E-state index is 0. The van der Waals surface area contributed by atoms with E-state index in [4.69, 9.17) is 11.6 Å². The number of hydrogen-bond donors (Lipinski definition) is 0. The van der Waals surface area contributed by atoms with Crippen LogP contribution >= 0.6 is 11.6 Å². The number of non-ortho nitro benzene ring substituents is 1. The van der Waals surface area contributed by atoms with Crippen LogP contribution in [0.2, 0.25) is 5.02 Å². The molecular formula is C19H8ClN2NaO6. The van der Waals surface area contributed by atoms with E-state index in [-0.39, 0.29) is 62.6 Å². The molecule has 0 atom stereocenters. The number of amides is 2. The molecule has 0 N–H and O–H groups in total. The van der Waals surface area contributed by atoms with E-state index in [0.29, 0.717) is 10.8 Å². The van der Waals surface area contributed by atoms with Crippen LogP contribution in [0.3, 0.4) is 0 Å². The third-order valence-electron chi connectivity index (χ3n) is 4.46. The first-order chi connectivity index (χ1) is 13.3. The van der Waals surface area contributed by atoms with Gasteiger partial charge in [-0.15, -0.1) is 0 Å². The summed E-state index contributed by atoms with van der Waals surface area (Å²) in [5, 5.41) is 23.0. The molecule has 0 unspecified atom stereocenters. The second kappa shape index (κ2) is 7.57. The maximum absolute atomic E-state index is 13.1. The third-order valence-corrected chi connectivity index (χ3v) is 4.78. The molecule has 4 rings (SSSR count). The van der Waals surface area contributed by atoms with Crippen molar-refractivity contribution < 1.29 is 54.0 Å². The van der Waals surface area contributed by atoms with Gasteiger partial charge in [0.05, 0.1) is 27.2 Å². The number of carboxylic acids is 1. The summed E-state index contributed by atoms with van der Waals surface area (Å²) in [5.41, 5.74) is -0.626. The molecule has 0 aromatic heterocycles. The van der Waals surface area contributed by atoms with Crippen LogP contribution in [0.15, 0.2) is 48.5 Å². The zero-order chi connectivity index (χ0) is 20.2. The number of hydrogen-bond acceptors (Lipinski definition) is 6. The SMILES string of the molecule is O=C([O-])c1ccc(Cl)c(N2C(=O)c3cccc4cc([N+](=O)[O-])cc(c34)C2=O)c1.[Na+]. The molecule has 3 aromatic rings. The first-order valence-electron chi connectivity index (χ1n) is 7.90. The Hall–Kier alpha value is -2.78. The summed E-state index contributed by atoms with van der Waals surface area (Å²) in [6.07, 6.45) is 0. The van der Waals surface area contributed by atoms with Crippen LogP contribution in [0.5, 0.6) is 0 Å². The molecular weight excluding hydrogens is 411 g/mol. The number of carbonyl (C=O) groups is 3. The van der Waals surface area contributed by atoms with Gasteiger partial charge < -0.3 is 9.90 Å². The van der Waals surface area contributed by atoms with Crippen LogP contribution in [-0.2, 0) is 0 Å². The van der Waals surface area contributed by atoms with E-state index in [2.05, 4.69) is 0 Å². The number of carbonyl (C=O) groups excluding carboxylic acids is 3. The van der Waals surface area contributed by atoms with Crippen LogP contribution in [0.25, 0.3) is 10.8 Å². The van der Waals surface area contributed by atoms with Gasteiger partial charge in [-0.05, 0) is 29.1 Å². The number of benzene rings is 3. The minimum atomic E-state index is -1.51. The first kappa shape index (κ1) is 20.9. The Morgan fingerprint density at radius 3 is 2.34 bits per heavy atom. The largest absolute Gasteiger partial charge is 1.00 e. The normalized spacial score (nSPS) is 12.7. The van der Waals surface area contributed by atoms with Gasteiger partial charge in [0.25, 0.3) is 17.5 Å². The summed E-state index contributed by atoms with van der Waals surface area (Å²) >= 11 is 6.11. The maximum Gasteiger partial charge on any atom is 1.00 e. The van der Waals surface area contributed by atoms with E-state index in [0.717, 1.165) is 17.0 Å². The molecule has 10 heteroatoms. The predicted molar refractivity (Wildman–Crippen MR) is 97.5 cm³/mol. The first-order valence-corrected chi connectivity index (χ1v) is 8.28. The minimum Gasteiger partial charge on any atom is -0.545 e. The molecule has 2 amide bonds. The van der Waals surface area contributed by atoms with E-state index in [1.807, 2.05) is 0 Å². The van der Waals surface area contributed by atoms with Crippen LogP contribution in [0, 0.1) is 10.1 Å². The van der Waals surface area contributed by atoms with Gasteiger partial charge in [0.1, 0.15) is 0 Å². The van der Waals surface area contributed by atoms with Crippen molar-refractivity contribution in [3.63, 3.8) is 0 Å². The molecule has 3 aromatic carbocycles. The van der Waals surface area contributed by atoms with Gasteiger partial charge in [-0.1, -0.05) is 29.8 Å². The fourth-order valence-corrected chi connectivity index (χ4v) is 3.43. The number of halogens is 1. The molecule has 1 heterocycles. The van der Waals surface area contributed by atoms with Crippen LogP contribution < -0.4 is 39.6 Å². The Morgan fingerprint density at radius 1 is 1.00 bits per heavy atom. The Labute approximate surface area is 190 Å². The molecule has 1 aliphatic rings. The van der Waals surface area contributed by atoms with Crippen molar-refractivity contribution in [3.8, 4) is 0 Å². The molecule has 0 radical (unpaired) electrons. The van der Waals surface area contributed by atoms with Gasteiger partial charge >= 0.3 is 29.6 Å². The van der Waals surface area contributed by atoms with Crippen molar-refractivity contribution in [2.45, 2.75) is 0 Å². The van der Waals surface area contributed by atoms with Crippen LogP contribution in [0.4, 0.5) is 11.4 Å². The third kappa shape index (κ3) is 3.30. The topological polar surface area (TPSA) is 121 Å². The standard InChI is InChI=1S/C19H9ClN2O6.Na/c20-14-5-4-10(19(25)26)7-15(14)21-17(23)12-3-1-2-9-6-11(22(27)28)8-13(16(9)12)18(21)24;/h1-8H,(H,25,26);/q;+1/p-1. The molecule has 0 saturated heterocycles. The Morgan fingerprint density at radius 2 is 1.69 bits per heavy atom. The molecule has 1 aliphatic heterocycles. The van der Waals surface area contributed by atoms with E-state index in [9.17, 15) is 29.6 Å². The summed E-state index contributed by atoms with van der Waals surface area (Å²) in [6, 6.07) is 10.4. The zero-order valence-corrected chi connectivity index (χ0v) is 17.6. The molecule has 0 spiro atoms. The summed E-state index contributed by atoms with van der Waals surface area (Å²) in [7, 11) is 0. The van der Waals surface area contributed by atoms with Crippen LogP contribution in [0.1, 0.15) is 31.1 Å². The van der Waals surface area contributed by atoms with Gasteiger partial charge in [-0.25, -0.2) is 4.90 Å². The number of carboxylic acid groups (broad SMARTS) is 1.